The van der Waals surface area contributed by atoms with Gasteiger partial charge in [-0.2, -0.15) is 4.98 Å². The lowest BCUT2D eigenvalue weighted by Crippen LogP contribution is -2.20. The van der Waals surface area contributed by atoms with Crippen molar-refractivity contribution < 1.29 is 14.4 Å². The molecule has 1 N–H and O–H groups in total. The van der Waals surface area contributed by atoms with Crippen molar-refractivity contribution in [2.45, 2.75) is 33.3 Å². The van der Waals surface area contributed by atoms with Crippen LogP contribution in [0, 0.1) is 10.1 Å². The summed E-state index contributed by atoms with van der Waals surface area (Å²) < 4.78 is 10.8. The molecule has 1 aromatic rings. The van der Waals surface area contributed by atoms with Gasteiger partial charge in [-0.25, -0.2) is 0 Å². The number of nitrogens with zero attached hydrogens (tertiary/aromatic N) is 2. The van der Waals surface area contributed by atoms with Gasteiger partial charge in [0.25, 0.3) is 5.69 Å². The number of hydrogen-bond donors (Lipinski definition) is 1. The summed E-state index contributed by atoms with van der Waals surface area (Å²) in [7, 11) is 0. The van der Waals surface area contributed by atoms with Crippen molar-refractivity contribution in [3.63, 3.8) is 0 Å². The Labute approximate surface area is 118 Å². The van der Waals surface area contributed by atoms with Crippen LogP contribution in [0.15, 0.2) is 12.1 Å². The molecule has 0 radical (unpaired) electrons. The summed E-state index contributed by atoms with van der Waals surface area (Å²) in [6.45, 7) is 7.44. The standard InChI is InChI=1S/C13H21N3O4/c1-4-6-14-12-7-11(16(17)18)8-13(15-12)20-10(3)9-19-5-2/h7-8,10H,4-6,9H2,1-3H3,(H,14,15). The Morgan fingerprint density at radius 1 is 1.45 bits per heavy atom. The molecule has 112 valence electrons. The van der Waals surface area contributed by atoms with Gasteiger partial charge < -0.3 is 14.8 Å². The molecule has 0 aliphatic heterocycles. The highest BCUT2D eigenvalue weighted by molar-refractivity contribution is 5.48. The highest BCUT2D eigenvalue weighted by atomic mass is 16.6. The SMILES string of the molecule is CCCNc1cc([N+](=O)[O-])cc(OC(C)COCC)n1. The second-order valence-electron chi connectivity index (χ2n) is 4.32. The predicted octanol–water partition coefficient (Wildman–Crippen LogP) is 2.62. The Bertz CT molecular complexity index is 440. The van der Waals surface area contributed by atoms with E-state index in [0.29, 0.717) is 25.6 Å². The second-order valence-corrected chi connectivity index (χ2v) is 4.32. The van der Waals surface area contributed by atoms with Crippen LogP contribution < -0.4 is 10.1 Å². The van der Waals surface area contributed by atoms with Crippen molar-refractivity contribution in [1.82, 2.24) is 4.98 Å². The van der Waals surface area contributed by atoms with Gasteiger partial charge in [-0.05, 0) is 20.3 Å². The molecule has 0 fully saturated rings. The topological polar surface area (TPSA) is 86.5 Å². The van der Waals surface area contributed by atoms with Crippen LogP contribution in [0.4, 0.5) is 11.5 Å². The van der Waals surface area contributed by atoms with Crippen LogP contribution >= 0.6 is 0 Å². The van der Waals surface area contributed by atoms with E-state index in [4.69, 9.17) is 9.47 Å². The second kappa shape index (κ2) is 8.31. The summed E-state index contributed by atoms with van der Waals surface area (Å²) in [6, 6.07) is 2.72. The first-order chi connectivity index (χ1) is 9.56. The van der Waals surface area contributed by atoms with Crippen LogP contribution in [-0.4, -0.2) is 35.8 Å². The quantitative estimate of drug-likeness (QED) is 0.553. The number of ether oxygens (including phenoxy) is 2. The molecule has 1 rings (SSSR count). The summed E-state index contributed by atoms with van der Waals surface area (Å²) in [5, 5.41) is 13.9. The number of anilines is 1. The van der Waals surface area contributed by atoms with Gasteiger partial charge in [-0.3, -0.25) is 10.1 Å². The normalized spacial score (nSPS) is 11.9. The minimum atomic E-state index is -0.459. The maximum Gasteiger partial charge on any atom is 0.278 e. The van der Waals surface area contributed by atoms with Crippen molar-refractivity contribution >= 4 is 11.5 Å². The van der Waals surface area contributed by atoms with E-state index in [1.807, 2.05) is 20.8 Å². The van der Waals surface area contributed by atoms with Gasteiger partial charge in [0, 0.05) is 13.2 Å². The van der Waals surface area contributed by atoms with Gasteiger partial charge in [0.15, 0.2) is 0 Å². The lowest BCUT2D eigenvalue weighted by Gasteiger charge is -2.14. The van der Waals surface area contributed by atoms with Crippen molar-refractivity contribution in [2.75, 3.05) is 25.1 Å². The van der Waals surface area contributed by atoms with Crippen molar-refractivity contribution in [1.29, 1.82) is 0 Å². The molecule has 0 aromatic carbocycles. The van der Waals surface area contributed by atoms with E-state index in [2.05, 4.69) is 10.3 Å². The molecule has 1 atom stereocenters. The Balaban J connectivity index is 2.82. The lowest BCUT2D eigenvalue weighted by molar-refractivity contribution is -0.384. The number of aromatic nitrogens is 1. The number of hydrogen-bond acceptors (Lipinski definition) is 6. The molecule has 0 saturated heterocycles. The largest absolute Gasteiger partial charge is 0.472 e. The minimum Gasteiger partial charge on any atom is -0.472 e. The minimum absolute atomic E-state index is 0.0442. The van der Waals surface area contributed by atoms with Gasteiger partial charge in [0.2, 0.25) is 5.88 Å². The molecule has 0 aliphatic rings. The van der Waals surface area contributed by atoms with Gasteiger partial charge >= 0.3 is 0 Å². The Morgan fingerprint density at radius 2 is 2.20 bits per heavy atom. The zero-order valence-electron chi connectivity index (χ0n) is 12.1. The fourth-order valence-corrected chi connectivity index (χ4v) is 1.52. The number of rotatable bonds is 9. The Morgan fingerprint density at radius 3 is 2.80 bits per heavy atom. The smallest absolute Gasteiger partial charge is 0.278 e. The van der Waals surface area contributed by atoms with Crippen LogP contribution in [0.1, 0.15) is 27.2 Å². The van der Waals surface area contributed by atoms with Crippen LogP contribution in [0.3, 0.4) is 0 Å². The molecule has 7 heteroatoms. The van der Waals surface area contributed by atoms with Crippen molar-refractivity contribution in [3.8, 4) is 5.88 Å². The zero-order valence-corrected chi connectivity index (χ0v) is 12.1. The molecule has 20 heavy (non-hydrogen) atoms. The molecule has 0 spiro atoms. The molecule has 0 aliphatic carbocycles. The monoisotopic (exact) mass is 283 g/mol. The molecule has 0 amide bonds. The Hall–Kier alpha value is -1.89. The third kappa shape index (κ3) is 5.40. The van der Waals surface area contributed by atoms with E-state index < -0.39 is 4.92 Å². The van der Waals surface area contributed by atoms with Crippen molar-refractivity contribution in [3.05, 3.63) is 22.2 Å². The average Bonchev–Trinajstić information content (AvgIpc) is 2.42. The third-order valence-corrected chi connectivity index (χ3v) is 2.43. The first kappa shape index (κ1) is 16.2. The summed E-state index contributed by atoms with van der Waals surface area (Å²) >= 11 is 0. The van der Waals surface area contributed by atoms with E-state index in [-0.39, 0.29) is 17.7 Å². The highest BCUT2D eigenvalue weighted by Crippen LogP contribution is 2.23. The lowest BCUT2D eigenvalue weighted by atomic mass is 10.3. The molecule has 0 saturated carbocycles. The van der Waals surface area contributed by atoms with E-state index >= 15 is 0 Å². The first-order valence-electron chi connectivity index (χ1n) is 6.71. The Kier molecular flexibility index (Phi) is 6.72. The maximum atomic E-state index is 10.9. The molecule has 0 bridgehead atoms. The maximum absolute atomic E-state index is 10.9. The third-order valence-electron chi connectivity index (χ3n) is 2.43. The van der Waals surface area contributed by atoms with Crippen LogP contribution in [0.25, 0.3) is 0 Å². The first-order valence-corrected chi connectivity index (χ1v) is 6.71. The molecule has 1 aromatic heterocycles. The highest BCUT2D eigenvalue weighted by Gasteiger charge is 2.14. The molecule has 1 unspecified atom stereocenters. The number of nitrogens with one attached hydrogen (secondary N) is 1. The van der Waals surface area contributed by atoms with Gasteiger partial charge in [-0.1, -0.05) is 6.92 Å². The summed E-state index contributed by atoms with van der Waals surface area (Å²) in [5.74, 6) is 0.671. The fraction of sp³-hybridized carbons (Fsp3) is 0.615. The van der Waals surface area contributed by atoms with E-state index in [9.17, 15) is 10.1 Å². The van der Waals surface area contributed by atoms with Gasteiger partial charge in [-0.15, -0.1) is 0 Å². The number of pyridine rings is 1. The van der Waals surface area contributed by atoms with Gasteiger partial charge in [0.1, 0.15) is 11.9 Å². The fourth-order valence-electron chi connectivity index (χ4n) is 1.52. The van der Waals surface area contributed by atoms with E-state index in [0.717, 1.165) is 6.42 Å². The zero-order chi connectivity index (χ0) is 15.0. The molecule has 1 heterocycles. The van der Waals surface area contributed by atoms with Gasteiger partial charge in [0.05, 0.1) is 23.7 Å². The average molecular weight is 283 g/mol. The van der Waals surface area contributed by atoms with E-state index in [1.54, 1.807) is 0 Å². The summed E-state index contributed by atoms with van der Waals surface area (Å²) in [6.07, 6.45) is 0.685. The summed E-state index contributed by atoms with van der Waals surface area (Å²) in [4.78, 5) is 14.7. The van der Waals surface area contributed by atoms with E-state index in [1.165, 1.54) is 12.1 Å². The predicted molar refractivity (Wildman–Crippen MR) is 76.3 cm³/mol. The number of nitro groups is 1. The summed E-state index contributed by atoms with van der Waals surface area (Å²) in [5.41, 5.74) is -0.0442. The van der Waals surface area contributed by atoms with Crippen LogP contribution in [0.5, 0.6) is 5.88 Å². The molecule has 7 nitrogen and oxygen atoms in total. The van der Waals surface area contributed by atoms with Crippen molar-refractivity contribution in [2.24, 2.45) is 0 Å². The molecular formula is C13H21N3O4. The molecular weight excluding hydrogens is 262 g/mol. The van der Waals surface area contributed by atoms with Crippen LogP contribution in [-0.2, 0) is 4.74 Å². The van der Waals surface area contributed by atoms with Crippen LogP contribution in [0.2, 0.25) is 0 Å².